The van der Waals surface area contributed by atoms with E-state index in [0.29, 0.717) is 19.3 Å². The van der Waals surface area contributed by atoms with E-state index in [-0.39, 0.29) is 12.2 Å². The van der Waals surface area contributed by atoms with E-state index in [1.807, 2.05) is 24.3 Å². The van der Waals surface area contributed by atoms with Crippen LogP contribution < -0.4 is 10.1 Å². The van der Waals surface area contributed by atoms with Crippen LogP contribution in [0.25, 0.3) is 0 Å². The summed E-state index contributed by atoms with van der Waals surface area (Å²) in [6.45, 7) is 4.40. The van der Waals surface area contributed by atoms with Crippen molar-refractivity contribution < 1.29 is 14.2 Å². The van der Waals surface area contributed by atoms with Gasteiger partial charge in [-0.3, -0.25) is 0 Å². The second kappa shape index (κ2) is 8.73. The van der Waals surface area contributed by atoms with Crippen LogP contribution in [-0.4, -0.2) is 45.1 Å². The molecule has 0 bridgehead atoms. The first-order valence-electron chi connectivity index (χ1n) is 7.50. The summed E-state index contributed by atoms with van der Waals surface area (Å²) < 4.78 is 18.1. The molecule has 3 atom stereocenters. The van der Waals surface area contributed by atoms with Gasteiger partial charge in [0.15, 0.2) is 0 Å². The van der Waals surface area contributed by atoms with Crippen LogP contribution in [0.3, 0.4) is 0 Å². The SMILES string of the molecule is CCCNC1CC(Oc2ccc(Br)cc2)C1OCCOC. The number of methoxy groups -OCH3 is 1. The van der Waals surface area contributed by atoms with Gasteiger partial charge in [0, 0.05) is 24.0 Å². The Hall–Kier alpha value is -0.620. The van der Waals surface area contributed by atoms with Gasteiger partial charge in [-0.2, -0.15) is 0 Å². The average Bonchev–Trinajstić information content (AvgIpc) is 2.48. The maximum atomic E-state index is 6.03. The quantitative estimate of drug-likeness (QED) is 0.689. The van der Waals surface area contributed by atoms with E-state index in [9.17, 15) is 0 Å². The van der Waals surface area contributed by atoms with Crippen molar-refractivity contribution in [2.24, 2.45) is 0 Å². The Balaban J connectivity index is 1.86. The molecule has 1 aliphatic rings. The summed E-state index contributed by atoms with van der Waals surface area (Å²) in [5, 5.41) is 3.52. The maximum absolute atomic E-state index is 6.03. The Labute approximate surface area is 135 Å². The molecule has 0 amide bonds. The van der Waals surface area contributed by atoms with Gasteiger partial charge in [0.25, 0.3) is 0 Å². The highest BCUT2D eigenvalue weighted by Crippen LogP contribution is 2.29. The number of ether oxygens (including phenoxy) is 3. The molecular weight excluding hydrogens is 334 g/mol. The number of rotatable bonds is 9. The third kappa shape index (κ3) is 4.95. The first-order valence-corrected chi connectivity index (χ1v) is 8.30. The topological polar surface area (TPSA) is 39.7 Å². The molecule has 21 heavy (non-hydrogen) atoms. The predicted octanol–water partition coefficient (Wildman–Crippen LogP) is 3.00. The van der Waals surface area contributed by atoms with E-state index < -0.39 is 0 Å². The molecule has 0 aliphatic heterocycles. The molecule has 0 radical (unpaired) electrons. The minimum atomic E-state index is 0.0929. The molecule has 1 saturated carbocycles. The molecule has 1 N–H and O–H groups in total. The smallest absolute Gasteiger partial charge is 0.128 e. The highest BCUT2D eigenvalue weighted by molar-refractivity contribution is 9.10. The molecule has 118 valence electrons. The molecule has 4 nitrogen and oxygen atoms in total. The van der Waals surface area contributed by atoms with Crippen LogP contribution in [0.4, 0.5) is 0 Å². The standard InChI is InChI=1S/C16H24BrNO3/c1-3-8-18-14-11-15(16(14)20-10-9-19-2)21-13-6-4-12(17)5-7-13/h4-7,14-16,18H,3,8-11H2,1-2H3. The van der Waals surface area contributed by atoms with Crippen LogP contribution in [0.2, 0.25) is 0 Å². The summed E-state index contributed by atoms with van der Waals surface area (Å²) in [6.07, 6.45) is 2.31. The fraction of sp³-hybridized carbons (Fsp3) is 0.625. The molecular formula is C16H24BrNO3. The number of halogens is 1. The monoisotopic (exact) mass is 357 g/mol. The van der Waals surface area contributed by atoms with E-state index >= 15 is 0 Å². The molecule has 0 heterocycles. The second-order valence-electron chi connectivity index (χ2n) is 5.23. The first kappa shape index (κ1) is 16.7. The van der Waals surface area contributed by atoms with Gasteiger partial charge in [-0.15, -0.1) is 0 Å². The Kier molecular flexibility index (Phi) is 6.96. The maximum Gasteiger partial charge on any atom is 0.128 e. The number of benzene rings is 1. The average molecular weight is 358 g/mol. The summed E-state index contributed by atoms with van der Waals surface area (Å²) in [7, 11) is 1.69. The van der Waals surface area contributed by atoms with Crippen LogP contribution in [0.15, 0.2) is 28.7 Å². The third-order valence-corrected chi connectivity index (χ3v) is 4.13. The lowest BCUT2D eigenvalue weighted by molar-refractivity contribution is -0.115. The molecule has 3 unspecified atom stereocenters. The van der Waals surface area contributed by atoms with E-state index in [0.717, 1.165) is 29.6 Å². The van der Waals surface area contributed by atoms with Gasteiger partial charge in [0.05, 0.1) is 13.2 Å². The lowest BCUT2D eigenvalue weighted by atomic mass is 9.85. The van der Waals surface area contributed by atoms with Crippen LogP contribution in [0.5, 0.6) is 5.75 Å². The fourth-order valence-corrected chi connectivity index (χ4v) is 2.67. The second-order valence-corrected chi connectivity index (χ2v) is 6.15. The molecule has 0 saturated heterocycles. The van der Waals surface area contributed by atoms with Crippen LogP contribution in [0.1, 0.15) is 19.8 Å². The van der Waals surface area contributed by atoms with Gasteiger partial charge in [-0.25, -0.2) is 0 Å². The number of hydrogen-bond donors (Lipinski definition) is 1. The van der Waals surface area contributed by atoms with Gasteiger partial charge < -0.3 is 19.5 Å². The predicted molar refractivity (Wildman–Crippen MR) is 86.9 cm³/mol. The number of nitrogens with one attached hydrogen (secondary N) is 1. The normalized spacial score (nSPS) is 24.6. The van der Waals surface area contributed by atoms with Crippen molar-refractivity contribution in [1.82, 2.24) is 5.32 Å². The Morgan fingerprint density at radius 1 is 1.24 bits per heavy atom. The molecule has 5 heteroatoms. The van der Waals surface area contributed by atoms with E-state index in [4.69, 9.17) is 14.2 Å². The van der Waals surface area contributed by atoms with Gasteiger partial charge >= 0.3 is 0 Å². The first-order chi connectivity index (χ1) is 10.2. The van der Waals surface area contributed by atoms with Crippen molar-refractivity contribution in [3.05, 3.63) is 28.7 Å². The molecule has 2 rings (SSSR count). The zero-order valence-electron chi connectivity index (χ0n) is 12.7. The summed E-state index contributed by atoms with van der Waals surface area (Å²) in [5.74, 6) is 0.887. The van der Waals surface area contributed by atoms with Gasteiger partial charge in [0.1, 0.15) is 18.0 Å². The van der Waals surface area contributed by atoms with E-state index in [1.54, 1.807) is 7.11 Å². The third-order valence-electron chi connectivity index (χ3n) is 3.60. The molecule has 1 fully saturated rings. The fourth-order valence-electron chi connectivity index (χ4n) is 2.41. The van der Waals surface area contributed by atoms with Crippen molar-refractivity contribution in [3.8, 4) is 5.75 Å². The highest BCUT2D eigenvalue weighted by Gasteiger charge is 2.43. The minimum Gasteiger partial charge on any atom is -0.488 e. The Bertz CT molecular complexity index is 412. The van der Waals surface area contributed by atoms with Crippen LogP contribution >= 0.6 is 15.9 Å². The van der Waals surface area contributed by atoms with Crippen molar-refractivity contribution in [3.63, 3.8) is 0 Å². The van der Waals surface area contributed by atoms with Crippen molar-refractivity contribution in [1.29, 1.82) is 0 Å². The van der Waals surface area contributed by atoms with Crippen molar-refractivity contribution >= 4 is 15.9 Å². The number of hydrogen-bond acceptors (Lipinski definition) is 4. The summed E-state index contributed by atoms with van der Waals surface area (Å²) in [5.41, 5.74) is 0. The lowest BCUT2D eigenvalue weighted by Crippen LogP contribution is -2.61. The largest absolute Gasteiger partial charge is 0.488 e. The van der Waals surface area contributed by atoms with Gasteiger partial charge in [-0.05, 0) is 37.2 Å². The van der Waals surface area contributed by atoms with Crippen molar-refractivity contribution in [2.75, 3.05) is 26.9 Å². The summed E-state index contributed by atoms with van der Waals surface area (Å²) in [6, 6.07) is 8.30. The minimum absolute atomic E-state index is 0.0929. The highest BCUT2D eigenvalue weighted by atomic mass is 79.9. The van der Waals surface area contributed by atoms with Crippen LogP contribution in [0, 0.1) is 0 Å². The molecule has 1 aliphatic carbocycles. The Morgan fingerprint density at radius 3 is 2.67 bits per heavy atom. The molecule has 1 aromatic rings. The Morgan fingerprint density at radius 2 is 2.00 bits per heavy atom. The van der Waals surface area contributed by atoms with Crippen molar-refractivity contribution in [2.45, 2.75) is 38.0 Å². The lowest BCUT2D eigenvalue weighted by Gasteiger charge is -2.44. The van der Waals surface area contributed by atoms with Gasteiger partial charge in [-0.1, -0.05) is 22.9 Å². The van der Waals surface area contributed by atoms with E-state index in [1.165, 1.54) is 0 Å². The zero-order chi connectivity index (χ0) is 15.1. The van der Waals surface area contributed by atoms with Crippen LogP contribution in [-0.2, 0) is 9.47 Å². The molecule has 0 spiro atoms. The zero-order valence-corrected chi connectivity index (χ0v) is 14.3. The summed E-state index contributed by atoms with van der Waals surface area (Å²) in [4.78, 5) is 0. The molecule has 0 aromatic heterocycles. The summed E-state index contributed by atoms with van der Waals surface area (Å²) >= 11 is 3.43. The van der Waals surface area contributed by atoms with Gasteiger partial charge in [0.2, 0.25) is 0 Å². The molecule has 1 aromatic carbocycles. The van der Waals surface area contributed by atoms with E-state index in [2.05, 4.69) is 28.2 Å².